The first-order valence-corrected chi connectivity index (χ1v) is 9.50. The molecule has 1 amide bonds. The number of methoxy groups -OCH3 is 1. The summed E-state index contributed by atoms with van der Waals surface area (Å²) in [5.41, 5.74) is 2.74. The maximum absolute atomic E-state index is 13.1. The van der Waals surface area contributed by atoms with Crippen LogP contribution in [-0.2, 0) is 20.7 Å². The Morgan fingerprint density at radius 2 is 1.82 bits per heavy atom. The molecule has 4 nitrogen and oxygen atoms in total. The Bertz CT molecular complexity index is 981. The lowest BCUT2D eigenvalue weighted by Crippen LogP contribution is -2.27. The molecule has 0 spiro atoms. The highest BCUT2D eigenvalue weighted by molar-refractivity contribution is 6.43. The lowest BCUT2D eigenvalue weighted by molar-refractivity contribution is -0.136. The molecule has 0 saturated heterocycles. The van der Waals surface area contributed by atoms with Crippen molar-refractivity contribution >= 4 is 41.2 Å². The van der Waals surface area contributed by atoms with Crippen molar-refractivity contribution in [3.8, 4) is 0 Å². The average Bonchev–Trinajstić information content (AvgIpc) is 2.93. The molecule has 28 heavy (non-hydrogen) atoms. The van der Waals surface area contributed by atoms with Gasteiger partial charge in [0.25, 0.3) is 5.91 Å². The number of carbonyl (C=O) groups is 2. The van der Waals surface area contributed by atoms with Crippen molar-refractivity contribution in [1.82, 2.24) is 4.90 Å². The van der Waals surface area contributed by atoms with Crippen molar-refractivity contribution in [2.24, 2.45) is 0 Å². The van der Waals surface area contributed by atoms with Gasteiger partial charge in [-0.25, -0.2) is 4.79 Å². The third kappa shape index (κ3) is 3.98. The Morgan fingerprint density at radius 1 is 1.11 bits per heavy atom. The number of hydrogen-bond donors (Lipinski definition) is 0. The lowest BCUT2D eigenvalue weighted by Gasteiger charge is -2.17. The van der Waals surface area contributed by atoms with Crippen LogP contribution in [0, 0.1) is 0 Å². The Morgan fingerprint density at radius 3 is 2.50 bits per heavy atom. The smallest absolute Gasteiger partial charge is 0.340 e. The van der Waals surface area contributed by atoms with Crippen molar-refractivity contribution in [2.45, 2.75) is 13.3 Å². The number of allylic oxidation sites excluding steroid dienone is 1. The van der Waals surface area contributed by atoms with Crippen LogP contribution in [0.5, 0.6) is 0 Å². The molecule has 0 radical (unpaired) electrons. The number of ether oxygens (including phenoxy) is 1. The quantitative estimate of drug-likeness (QED) is 0.514. The zero-order valence-corrected chi connectivity index (χ0v) is 17.1. The summed E-state index contributed by atoms with van der Waals surface area (Å²) < 4.78 is 4.91. The number of carbonyl (C=O) groups excluding carboxylic acids is 2. The van der Waals surface area contributed by atoms with Crippen molar-refractivity contribution < 1.29 is 14.3 Å². The van der Waals surface area contributed by atoms with Gasteiger partial charge in [0.2, 0.25) is 0 Å². The molecule has 6 heteroatoms. The summed E-state index contributed by atoms with van der Waals surface area (Å²) in [4.78, 5) is 27.1. The van der Waals surface area contributed by atoms with E-state index >= 15 is 0 Å². The van der Waals surface area contributed by atoms with E-state index in [-0.39, 0.29) is 17.1 Å². The van der Waals surface area contributed by atoms with E-state index in [0.717, 1.165) is 5.56 Å². The van der Waals surface area contributed by atoms with Gasteiger partial charge in [-0.15, -0.1) is 0 Å². The van der Waals surface area contributed by atoms with Gasteiger partial charge in [-0.3, -0.25) is 4.79 Å². The molecule has 0 aliphatic carbocycles. The van der Waals surface area contributed by atoms with Crippen molar-refractivity contribution in [1.29, 1.82) is 0 Å². The molecule has 1 aliphatic heterocycles. The molecule has 1 aliphatic rings. The van der Waals surface area contributed by atoms with Crippen LogP contribution in [0.2, 0.25) is 10.0 Å². The second-order valence-corrected chi connectivity index (χ2v) is 7.13. The number of rotatable bonds is 5. The van der Waals surface area contributed by atoms with Crippen LogP contribution in [0.25, 0.3) is 6.08 Å². The van der Waals surface area contributed by atoms with Crippen LogP contribution in [0.4, 0.5) is 0 Å². The largest absolute Gasteiger partial charge is 0.465 e. The Hall–Kier alpha value is -2.56. The number of esters is 1. The summed E-state index contributed by atoms with van der Waals surface area (Å²) in [6.07, 6.45) is 2.26. The minimum absolute atomic E-state index is 0.247. The van der Waals surface area contributed by atoms with Crippen LogP contribution < -0.4 is 0 Å². The number of benzene rings is 2. The van der Waals surface area contributed by atoms with Gasteiger partial charge in [-0.1, -0.05) is 65.7 Å². The molecule has 144 valence electrons. The summed E-state index contributed by atoms with van der Waals surface area (Å²) in [6.45, 7) is 2.20. The van der Waals surface area contributed by atoms with Gasteiger partial charge in [0.15, 0.2) is 0 Å². The molecular weight excluding hydrogens is 397 g/mol. The molecule has 2 aromatic carbocycles. The molecule has 1 heterocycles. The van der Waals surface area contributed by atoms with Gasteiger partial charge in [0, 0.05) is 12.2 Å². The average molecular weight is 416 g/mol. The van der Waals surface area contributed by atoms with E-state index < -0.39 is 5.97 Å². The highest BCUT2D eigenvalue weighted by atomic mass is 35.5. The minimum Gasteiger partial charge on any atom is -0.465 e. The summed E-state index contributed by atoms with van der Waals surface area (Å²) in [5.74, 6) is -0.817. The zero-order valence-electron chi connectivity index (χ0n) is 15.5. The highest BCUT2D eigenvalue weighted by Crippen LogP contribution is 2.34. The molecule has 0 atom stereocenters. The van der Waals surface area contributed by atoms with E-state index in [2.05, 4.69) is 0 Å². The Labute approximate surface area is 174 Å². The third-order valence-corrected chi connectivity index (χ3v) is 5.48. The Balaban J connectivity index is 1.98. The predicted molar refractivity (Wildman–Crippen MR) is 111 cm³/mol. The fourth-order valence-electron chi connectivity index (χ4n) is 3.17. The number of amides is 1. The molecule has 0 aromatic heterocycles. The van der Waals surface area contributed by atoms with Crippen LogP contribution in [0.3, 0.4) is 0 Å². The van der Waals surface area contributed by atoms with Crippen molar-refractivity contribution in [3.63, 3.8) is 0 Å². The van der Waals surface area contributed by atoms with Gasteiger partial charge in [-0.2, -0.15) is 0 Å². The third-order valence-electron chi connectivity index (χ3n) is 4.65. The SMILES string of the molecule is COC(=O)C1=C(C)N(CCc2ccccc2)C(=O)C1=Cc1cccc(Cl)c1Cl. The van der Waals surface area contributed by atoms with E-state index in [0.29, 0.717) is 34.3 Å². The molecule has 0 bridgehead atoms. The maximum Gasteiger partial charge on any atom is 0.340 e. The molecule has 0 unspecified atom stereocenters. The predicted octanol–water partition coefficient (Wildman–Crippen LogP) is 4.91. The van der Waals surface area contributed by atoms with E-state index in [9.17, 15) is 9.59 Å². The first-order valence-electron chi connectivity index (χ1n) is 8.75. The van der Waals surface area contributed by atoms with Gasteiger partial charge in [0.1, 0.15) is 0 Å². The molecular formula is C22H19Cl2NO3. The number of hydrogen-bond acceptors (Lipinski definition) is 3. The number of halogens is 2. The van der Waals surface area contributed by atoms with Crippen molar-refractivity contribution in [3.05, 3.63) is 86.5 Å². The highest BCUT2D eigenvalue weighted by Gasteiger charge is 2.36. The molecule has 0 saturated carbocycles. The maximum atomic E-state index is 13.1. The van der Waals surface area contributed by atoms with E-state index in [4.69, 9.17) is 27.9 Å². The van der Waals surface area contributed by atoms with Gasteiger partial charge < -0.3 is 9.64 Å². The first kappa shape index (κ1) is 20.2. The standard InChI is InChI=1S/C22H19Cl2NO3/c1-14-19(22(27)28-2)17(13-16-9-6-10-18(23)20(16)24)21(26)25(14)12-11-15-7-4-3-5-8-15/h3-10,13H,11-12H2,1-2H3. The van der Waals surface area contributed by atoms with Gasteiger partial charge in [-0.05, 0) is 36.6 Å². The summed E-state index contributed by atoms with van der Waals surface area (Å²) in [6, 6.07) is 15.0. The van der Waals surface area contributed by atoms with E-state index in [1.54, 1.807) is 36.1 Å². The van der Waals surface area contributed by atoms with Crippen LogP contribution in [0.15, 0.2) is 65.4 Å². The summed E-state index contributed by atoms with van der Waals surface area (Å²) >= 11 is 12.3. The lowest BCUT2D eigenvalue weighted by atomic mass is 10.0. The Kier molecular flexibility index (Phi) is 6.22. The second kappa shape index (κ2) is 8.63. The number of nitrogens with zero attached hydrogens (tertiary/aromatic N) is 1. The molecule has 0 fully saturated rings. The topological polar surface area (TPSA) is 46.6 Å². The van der Waals surface area contributed by atoms with Crippen LogP contribution >= 0.6 is 23.2 Å². The molecule has 0 N–H and O–H groups in total. The van der Waals surface area contributed by atoms with E-state index in [1.165, 1.54) is 7.11 Å². The fourth-order valence-corrected chi connectivity index (χ4v) is 3.53. The first-order chi connectivity index (χ1) is 13.4. The second-order valence-electron chi connectivity index (χ2n) is 6.35. The molecule has 3 rings (SSSR count). The van der Waals surface area contributed by atoms with E-state index in [1.807, 2.05) is 30.3 Å². The fraction of sp³-hybridized carbons (Fsp3) is 0.182. The van der Waals surface area contributed by atoms with Crippen molar-refractivity contribution in [2.75, 3.05) is 13.7 Å². The van der Waals surface area contributed by atoms with Gasteiger partial charge in [0.05, 0.1) is 28.3 Å². The van der Waals surface area contributed by atoms with Gasteiger partial charge >= 0.3 is 5.97 Å². The molecule has 2 aromatic rings. The summed E-state index contributed by atoms with van der Waals surface area (Å²) in [5, 5.41) is 0.705. The monoisotopic (exact) mass is 415 g/mol. The van der Waals surface area contributed by atoms with Crippen LogP contribution in [-0.4, -0.2) is 30.4 Å². The van der Waals surface area contributed by atoms with Crippen LogP contribution in [0.1, 0.15) is 18.1 Å². The summed E-state index contributed by atoms with van der Waals surface area (Å²) in [7, 11) is 1.30. The zero-order chi connectivity index (χ0) is 20.3. The minimum atomic E-state index is -0.558. The normalized spacial score (nSPS) is 15.5.